The van der Waals surface area contributed by atoms with Gasteiger partial charge in [0.15, 0.2) is 0 Å². The molecular formula is C8H15NP4. The molecule has 1 aromatic heterocycles. The molecule has 0 aliphatic carbocycles. The van der Waals surface area contributed by atoms with Crippen molar-refractivity contribution in [2.45, 2.75) is 20.8 Å². The van der Waals surface area contributed by atoms with Crippen molar-refractivity contribution in [1.29, 1.82) is 0 Å². The van der Waals surface area contributed by atoms with Crippen LogP contribution >= 0.6 is 34.4 Å². The van der Waals surface area contributed by atoms with E-state index in [1.54, 1.807) is 0 Å². The van der Waals surface area contributed by atoms with Crippen LogP contribution in [-0.4, -0.2) is 4.98 Å². The van der Waals surface area contributed by atoms with Gasteiger partial charge in [-0.1, -0.05) is 9.24 Å². The fourth-order valence-corrected chi connectivity index (χ4v) is 5.14. The fourth-order valence-electron chi connectivity index (χ4n) is 1.31. The van der Waals surface area contributed by atoms with E-state index in [9.17, 15) is 0 Å². The normalized spacial score (nSPS) is 11.0. The van der Waals surface area contributed by atoms with Crippen LogP contribution in [0.3, 0.4) is 0 Å². The van der Waals surface area contributed by atoms with E-state index in [0.29, 0.717) is 0 Å². The highest BCUT2D eigenvalue weighted by Gasteiger charge is 2.12. The van der Waals surface area contributed by atoms with Crippen LogP contribution in [0.15, 0.2) is 0 Å². The van der Waals surface area contributed by atoms with Crippen molar-refractivity contribution >= 4 is 45.1 Å². The van der Waals surface area contributed by atoms with Crippen molar-refractivity contribution in [3.63, 3.8) is 0 Å². The molecule has 1 nitrogen and oxygen atoms in total. The van der Waals surface area contributed by atoms with E-state index in [1.165, 1.54) is 16.4 Å². The third-order valence-corrected chi connectivity index (χ3v) is 5.48. The van der Waals surface area contributed by atoms with E-state index in [0.717, 1.165) is 11.1 Å². The van der Waals surface area contributed by atoms with Crippen molar-refractivity contribution in [3.8, 4) is 0 Å². The molecule has 0 N–H and O–H groups in total. The van der Waals surface area contributed by atoms with E-state index < -0.39 is 0 Å². The fraction of sp³-hybridized carbons (Fsp3) is 0.375. The zero-order chi connectivity index (χ0) is 10.2. The van der Waals surface area contributed by atoms with Crippen LogP contribution < -0.4 is 10.7 Å². The third-order valence-electron chi connectivity index (χ3n) is 2.18. The second-order valence-electron chi connectivity index (χ2n) is 3.09. The first-order chi connectivity index (χ1) is 5.95. The van der Waals surface area contributed by atoms with Gasteiger partial charge in [0.05, 0.1) is 5.44 Å². The van der Waals surface area contributed by atoms with Gasteiger partial charge in [0.25, 0.3) is 0 Å². The van der Waals surface area contributed by atoms with Crippen LogP contribution in [0.25, 0.3) is 0 Å². The monoisotopic (exact) mass is 249 g/mol. The van der Waals surface area contributed by atoms with E-state index in [1.807, 2.05) is 0 Å². The molecule has 72 valence electrons. The summed E-state index contributed by atoms with van der Waals surface area (Å²) in [5, 5.41) is 1.45. The topological polar surface area (TPSA) is 12.9 Å². The standard InChI is InChI=1S/C8H15NP4/c1-4-6(3)9-8(10)5(2)7(4)13(11)12/h10-12H2,1-3H3. The van der Waals surface area contributed by atoms with Crippen LogP contribution in [0.5, 0.6) is 0 Å². The predicted molar refractivity (Wildman–Crippen MR) is 73.8 cm³/mol. The molecule has 0 aliphatic rings. The largest absolute Gasteiger partial charge is 0.253 e. The first-order valence-electron chi connectivity index (χ1n) is 3.98. The van der Waals surface area contributed by atoms with Gasteiger partial charge in [0.1, 0.15) is 0 Å². The highest BCUT2D eigenvalue weighted by Crippen LogP contribution is 2.52. The summed E-state index contributed by atoms with van der Waals surface area (Å²) in [7, 11) is 8.27. The van der Waals surface area contributed by atoms with Crippen molar-refractivity contribution in [2.75, 3.05) is 0 Å². The van der Waals surface area contributed by atoms with Crippen LogP contribution in [0, 0.1) is 20.8 Å². The number of aromatic nitrogens is 1. The van der Waals surface area contributed by atoms with Gasteiger partial charge >= 0.3 is 0 Å². The van der Waals surface area contributed by atoms with E-state index in [2.05, 4.69) is 52.9 Å². The zero-order valence-corrected chi connectivity index (χ0v) is 12.5. The van der Waals surface area contributed by atoms with E-state index >= 15 is 0 Å². The molecule has 0 bridgehead atoms. The average molecular weight is 249 g/mol. The van der Waals surface area contributed by atoms with Gasteiger partial charge in [-0.25, -0.2) is 0 Å². The molecule has 1 heterocycles. The number of hydrogen-bond acceptors (Lipinski definition) is 1. The summed E-state index contributed by atoms with van der Waals surface area (Å²) in [6.45, 7) is 6.36. The maximum absolute atomic E-state index is 4.47. The molecular weight excluding hydrogens is 234 g/mol. The maximum atomic E-state index is 4.47. The molecule has 0 saturated carbocycles. The molecule has 0 aliphatic heterocycles. The number of aryl methyl sites for hydroxylation is 1. The van der Waals surface area contributed by atoms with Gasteiger partial charge < -0.3 is 0 Å². The van der Waals surface area contributed by atoms with Crippen LogP contribution in [0.2, 0.25) is 0 Å². The molecule has 5 heteroatoms. The Morgan fingerprint density at radius 3 is 2.08 bits per heavy atom. The van der Waals surface area contributed by atoms with Gasteiger partial charge in [-0.2, -0.15) is 0 Å². The quantitative estimate of drug-likeness (QED) is 0.695. The van der Waals surface area contributed by atoms with E-state index in [4.69, 9.17) is 0 Å². The lowest BCUT2D eigenvalue weighted by Crippen LogP contribution is -2.19. The SMILES string of the molecule is Cc1nc(P)c(C)c(P(P)P)c1C. The molecule has 0 amide bonds. The number of rotatable bonds is 1. The lowest BCUT2D eigenvalue weighted by atomic mass is 10.2. The molecule has 3 unspecified atom stereocenters. The molecule has 0 spiro atoms. The Bertz CT molecular complexity index is 309. The molecule has 0 fully saturated rings. The summed E-state index contributed by atoms with van der Waals surface area (Å²) in [4.78, 5) is 4.47. The van der Waals surface area contributed by atoms with Crippen LogP contribution in [0.1, 0.15) is 16.8 Å². The van der Waals surface area contributed by atoms with Crippen LogP contribution in [0.4, 0.5) is 0 Å². The Morgan fingerprint density at radius 2 is 1.62 bits per heavy atom. The highest BCUT2D eigenvalue weighted by molar-refractivity contribution is 8.46. The maximum Gasteiger partial charge on any atom is 0.0608 e. The Morgan fingerprint density at radius 1 is 1.08 bits per heavy atom. The summed E-state index contributed by atoms with van der Waals surface area (Å²) in [6.07, 6.45) is 0. The summed E-state index contributed by atoms with van der Waals surface area (Å²) in [5.41, 5.74) is 4.86. The zero-order valence-electron chi connectivity index (χ0n) is 8.13. The molecule has 0 radical (unpaired) electrons. The van der Waals surface area contributed by atoms with Gasteiger partial charge in [0.2, 0.25) is 0 Å². The Labute approximate surface area is 88.0 Å². The lowest BCUT2D eigenvalue weighted by Gasteiger charge is -2.16. The Hall–Kier alpha value is 0.870. The smallest absolute Gasteiger partial charge is 0.0608 e. The summed E-state index contributed by atoms with van der Waals surface area (Å²) < 4.78 is 0. The van der Waals surface area contributed by atoms with Gasteiger partial charge in [-0.05, 0) is 44.5 Å². The number of hydrogen-bond donors (Lipinski definition) is 0. The van der Waals surface area contributed by atoms with Crippen molar-refractivity contribution in [1.82, 2.24) is 4.98 Å². The second-order valence-corrected chi connectivity index (χ2v) is 10.0. The summed E-state index contributed by atoms with van der Waals surface area (Å²) in [5.74, 6) is 0. The predicted octanol–water partition coefficient (Wildman–Crippen LogP) is 2.19. The van der Waals surface area contributed by atoms with Crippen LogP contribution in [-0.2, 0) is 0 Å². The van der Waals surface area contributed by atoms with Crippen molar-refractivity contribution in [2.24, 2.45) is 0 Å². The van der Waals surface area contributed by atoms with Crippen molar-refractivity contribution in [3.05, 3.63) is 16.8 Å². The minimum atomic E-state index is -0.190. The van der Waals surface area contributed by atoms with E-state index in [-0.39, 0.29) is 7.30 Å². The van der Waals surface area contributed by atoms with Gasteiger partial charge in [-0.15, -0.1) is 17.9 Å². The molecule has 13 heavy (non-hydrogen) atoms. The second kappa shape index (κ2) is 4.59. The molecule has 1 aromatic rings. The summed E-state index contributed by atoms with van der Waals surface area (Å²) >= 11 is 0. The first-order valence-corrected chi connectivity index (χ1v) is 9.13. The molecule has 1 rings (SSSR count). The number of pyridine rings is 1. The van der Waals surface area contributed by atoms with Crippen molar-refractivity contribution < 1.29 is 0 Å². The highest BCUT2D eigenvalue weighted by atomic mass is 32.4. The summed E-state index contributed by atoms with van der Waals surface area (Å²) in [6, 6.07) is 0. The third kappa shape index (κ3) is 2.46. The lowest BCUT2D eigenvalue weighted by molar-refractivity contribution is 1.18. The van der Waals surface area contributed by atoms with Gasteiger partial charge in [-0.3, -0.25) is 4.98 Å². The number of nitrogens with zero attached hydrogens (tertiary/aromatic N) is 1. The molecule has 0 aromatic carbocycles. The first kappa shape index (κ1) is 11.9. The minimum Gasteiger partial charge on any atom is -0.253 e. The Balaban J connectivity index is 3.46. The molecule has 3 atom stereocenters. The minimum absolute atomic E-state index is 0.190. The average Bonchev–Trinajstić information content (AvgIpc) is 2.01. The van der Waals surface area contributed by atoms with Gasteiger partial charge in [0, 0.05) is 5.69 Å². The Kier molecular flexibility index (Phi) is 4.22. The molecule has 0 saturated heterocycles.